The molecule has 0 atom stereocenters. The highest BCUT2D eigenvalue weighted by molar-refractivity contribution is 7.99. The lowest BCUT2D eigenvalue weighted by Gasteiger charge is -2.06. The molecule has 0 aliphatic rings. The van der Waals surface area contributed by atoms with Crippen molar-refractivity contribution in [2.75, 3.05) is 18.2 Å². The summed E-state index contributed by atoms with van der Waals surface area (Å²) in [4.78, 5) is 23.6. The Hall–Kier alpha value is -3.13. The first-order valence-electron chi connectivity index (χ1n) is 8.55. The molecule has 0 saturated carbocycles. The first kappa shape index (κ1) is 19.6. The van der Waals surface area contributed by atoms with E-state index in [2.05, 4.69) is 20.3 Å². The minimum atomic E-state index is -0.417. The molecule has 3 aromatic rings. The number of nitrogens with zero attached hydrogens (tertiary/aromatic N) is 3. The highest BCUT2D eigenvalue weighted by Gasteiger charge is 2.13. The molecule has 1 aromatic heterocycles. The summed E-state index contributed by atoms with van der Waals surface area (Å²) in [5.74, 6) is 0.357. The van der Waals surface area contributed by atoms with Gasteiger partial charge in [0, 0.05) is 18.3 Å². The molecule has 7 nitrogen and oxygen atoms in total. The zero-order valence-electron chi connectivity index (χ0n) is 15.8. The van der Waals surface area contributed by atoms with Crippen LogP contribution in [0.25, 0.3) is 11.4 Å². The zero-order valence-corrected chi connectivity index (χ0v) is 16.6. The summed E-state index contributed by atoms with van der Waals surface area (Å²) < 4.78 is 6.52. The van der Waals surface area contributed by atoms with E-state index in [0.29, 0.717) is 16.4 Å². The van der Waals surface area contributed by atoms with E-state index in [1.165, 1.54) is 24.4 Å². The van der Waals surface area contributed by atoms with E-state index < -0.39 is 5.97 Å². The first-order valence-corrected chi connectivity index (χ1v) is 9.54. The fourth-order valence-corrected chi connectivity index (χ4v) is 3.24. The fourth-order valence-electron chi connectivity index (χ4n) is 2.53. The molecule has 0 fully saturated rings. The Bertz CT molecular complexity index is 982. The maximum absolute atomic E-state index is 12.2. The molecule has 0 aliphatic heterocycles. The molecule has 0 radical (unpaired) electrons. The number of benzene rings is 2. The third-order valence-corrected chi connectivity index (χ3v) is 5.09. The number of carbonyl (C=O) groups is 2. The van der Waals surface area contributed by atoms with Gasteiger partial charge in [0.1, 0.15) is 0 Å². The number of methoxy groups -OCH3 is 1. The minimum absolute atomic E-state index is 0.171. The van der Waals surface area contributed by atoms with Crippen molar-refractivity contribution < 1.29 is 14.3 Å². The number of thioether (sulfide) groups is 1. The Labute approximate surface area is 167 Å². The van der Waals surface area contributed by atoms with Crippen LogP contribution in [0.4, 0.5) is 5.69 Å². The maximum Gasteiger partial charge on any atom is 0.337 e. The number of amides is 1. The van der Waals surface area contributed by atoms with Gasteiger partial charge in [-0.2, -0.15) is 0 Å². The molecule has 1 N–H and O–H groups in total. The number of hydrogen-bond donors (Lipinski definition) is 1. The van der Waals surface area contributed by atoms with Crippen LogP contribution in [0.1, 0.15) is 15.9 Å². The van der Waals surface area contributed by atoms with Crippen LogP contribution >= 0.6 is 11.8 Å². The summed E-state index contributed by atoms with van der Waals surface area (Å²) in [5.41, 5.74) is 3.19. The van der Waals surface area contributed by atoms with Crippen molar-refractivity contribution in [2.45, 2.75) is 12.1 Å². The van der Waals surface area contributed by atoms with Crippen LogP contribution in [0.3, 0.4) is 0 Å². The van der Waals surface area contributed by atoms with Crippen LogP contribution in [0.5, 0.6) is 0 Å². The number of rotatable bonds is 6. The lowest BCUT2D eigenvalue weighted by molar-refractivity contribution is -0.113. The normalized spacial score (nSPS) is 10.5. The van der Waals surface area contributed by atoms with Crippen molar-refractivity contribution in [1.82, 2.24) is 14.8 Å². The van der Waals surface area contributed by atoms with Crippen molar-refractivity contribution in [1.29, 1.82) is 0 Å². The number of ether oxygens (including phenoxy) is 1. The molecule has 0 aliphatic carbocycles. The van der Waals surface area contributed by atoms with E-state index in [4.69, 9.17) is 0 Å². The van der Waals surface area contributed by atoms with Gasteiger partial charge in [0.2, 0.25) is 5.91 Å². The SMILES string of the molecule is COC(=O)c1ccc(NC(=O)CSc2nnc(-c3ccc(C)cc3)n2C)cc1. The molecule has 0 unspecified atom stereocenters. The largest absolute Gasteiger partial charge is 0.465 e. The highest BCUT2D eigenvalue weighted by Crippen LogP contribution is 2.23. The topological polar surface area (TPSA) is 86.1 Å². The quantitative estimate of drug-likeness (QED) is 0.508. The number of aryl methyl sites for hydroxylation is 1. The number of esters is 1. The molecule has 1 heterocycles. The van der Waals surface area contributed by atoms with Gasteiger partial charge in [-0.05, 0) is 31.2 Å². The second-order valence-corrected chi connectivity index (χ2v) is 7.08. The number of carbonyl (C=O) groups excluding carboxylic acids is 2. The summed E-state index contributed by atoms with van der Waals surface area (Å²) in [6.07, 6.45) is 0. The molecule has 0 saturated heterocycles. The van der Waals surface area contributed by atoms with E-state index in [1.54, 1.807) is 24.3 Å². The Kier molecular flexibility index (Phi) is 6.10. The predicted octanol–water partition coefficient (Wildman–Crippen LogP) is 3.31. The van der Waals surface area contributed by atoms with Gasteiger partial charge in [-0.15, -0.1) is 10.2 Å². The number of hydrogen-bond acceptors (Lipinski definition) is 6. The lowest BCUT2D eigenvalue weighted by atomic mass is 10.1. The maximum atomic E-state index is 12.2. The van der Waals surface area contributed by atoms with E-state index >= 15 is 0 Å². The first-order chi connectivity index (χ1) is 13.5. The Morgan fingerprint density at radius 1 is 1.07 bits per heavy atom. The summed E-state index contributed by atoms with van der Waals surface area (Å²) >= 11 is 1.31. The van der Waals surface area contributed by atoms with E-state index in [1.807, 2.05) is 42.8 Å². The molecule has 28 heavy (non-hydrogen) atoms. The van der Waals surface area contributed by atoms with Crippen molar-refractivity contribution >= 4 is 29.3 Å². The average molecular weight is 396 g/mol. The van der Waals surface area contributed by atoms with Crippen LogP contribution in [0.15, 0.2) is 53.7 Å². The molecule has 0 bridgehead atoms. The van der Waals surface area contributed by atoms with E-state index in [9.17, 15) is 9.59 Å². The summed E-state index contributed by atoms with van der Waals surface area (Å²) in [6, 6.07) is 14.6. The Morgan fingerprint density at radius 3 is 2.39 bits per heavy atom. The smallest absolute Gasteiger partial charge is 0.337 e. The Morgan fingerprint density at radius 2 is 1.75 bits per heavy atom. The fraction of sp³-hybridized carbons (Fsp3) is 0.200. The van der Waals surface area contributed by atoms with Crippen molar-refractivity contribution in [3.05, 3.63) is 59.7 Å². The molecule has 1 amide bonds. The lowest BCUT2D eigenvalue weighted by Crippen LogP contribution is -2.14. The molecule has 144 valence electrons. The van der Waals surface area contributed by atoms with Gasteiger partial charge in [0.15, 0.2) is 11.0 Å². The van der Waals surface area contributed by atoms with E-state index in [0.717, 1.165) is 11.4 Å². The van der Waals surface area contributed by atoms with E-state index in [-0.39, 0.29) is 11.7 Å². The zero-order chi connectivity index (χ0) is 20.1. The monoisotopic (exact) mass is 396 g/mol. The van der Waals surface area contributed by atoms with Gasteiger partial charge in [0.05, 0.1) is 18.4 Å². The summed E-state index contributed by atoms with van der Waals surface area (Å²) in [6.45, 7) is 2.03. The molecule has 0 spiro atoms. The van der Waals surface area contributed by atoms with Gasteiger partial charge in [-0.3, -0.25) is 4.79 Å². The van der Waals surface area contributed by atoms with Gasteiger partial charge in [-0.1, -0.05) is 41.6 Å². The van der Waals surface area contributed by atoms with Crippen molar-refractivity contribution in [2.24, 2.45) is 7.05 Å². The molecule has 3 rings (SSSR count). The van der Waals surface area contributed by atoms with Crippen LogP contribution in [0, 0.1) is 6.92 Å². The molecular weight excluding hydrogens is 376 g/mol. The van der Waals surface area contributed by atoms with Crippen LogP contribution in [-0.4, -0.2) is 39.5 Å². The Balaban J connectivity index is 1.59. The van der Waals surface area contributed by atoms with Gasteiger partial charge in [0.25, 0.3) is 0 Å². The number of aromatic nitrogens is 3. The molecule has 2 aromatic carbocycles. The van der Waals surface area contributed by atoms with Crippen LogP contribution < -0.4 is 5.32 Å². The molecule has 8 heteroatoms. The van der Waals surface area contributed by atoms with Gasteiger partial charge in [-0.25, -0.2) is 4.79 Å². The summed E-state index contributed by atoms with van der Waals surface area (Å²) in [7, 11) is 3.20. The molecular formula is C20H20N4O3S. The number of nitrogens with one attached hydrogen (secondary N) is 1. The third-order valence-electron chi connectivity index (χ3n) is 4.07. The second-order valence-electron chi connectivity index (χ2n) is 6.14. The van der Waals surface area contributed by atoms with Crippen molar-refractivity contribution in [3.8, 4) is 11.4 Å². The predicted molar refractivity (Wildman–Crippen MR) is 108 cm³/mol. The van der Waals surface area contributed by atoms with Gasteiger partial charge < -0.3 is 14.6 Å². The third kappa shape index (κ3) is 4.58. The van der Waals surface area contributed by atoms with Gasteiger partial charge >= 0.3 is 5.97 Å². The number of anilines is 1. The van der Waals surface area contributed by atoms with Crippen LogP contribution in [0.2, 0.25) is 0 Å². The summed E-state index contributed by atoms with van der Waals surface area (Å²) in [5, 5.41) is 11.9. The van der Waals surface area contributed by atoms with Crippen LogP contribution in [-0.2, 0) is 16.6 Å². The van der Waals surface area contributed by atoms with Crippen molar-refractivity contribution in [3.63, 3.8) is 0 Å². The highest BCUT2D eigenvalue weighted by atomic mass is 32.2. The second kappa shape index (κ2) is 8.71. The average Bonchev–Trinajstić information content (AvgIpc) is 3.07. The minimum Gasteiger partial charge on any atom is -0.465 e. The standard InChI is InChI=1S/C20H20N4O3S/c1-13-4-6-14(7-5-13)18-22-23-20(24(18)2)28-12-17(25)21-16-10-8-15(9-11-16)19(26)27-3/h4-11H,12H2,1-3H3,(H,21,25).